The van der Waals surface area contributed by atoms with E-state index >= 15 is 0 Å². The molecule has 0 heterocycles. The minimum absolute atomic E-state index is 0.151. The second kappa shape index (κ2) is 13.6. The molecule has 0 saturated carbocycles. The van der Waals surface area contributed by atoms with Gasteiger partial charge in [0, 0.05) is 0 Å². The van der Waals surface area contributed by atoms with Crippen LogP contribution < -0.4 is 19.2 Å². The molecule has 11 heteroatoms. The van der Waals surface area contributed by atoms with Crippen LogP contribution in [0.15, 0.2) is 99.4 Å². The largest absolute Gasteiger partial charge is 0.493 e. The number of nitrogens with zero attached hydrogens (tertiary/aromatic N) is 2. The van der Waals surface area contributed by atoms with E-state index in [0.29, 0.717) is 28.1 Å². The van der Waals surface area contributed by atoms with E-state index in [2.05, 4.69) is 26.5 Å². The van der Waals surface area contributed by atoms with Crippen LogP contribution in [0.3, 0.4) is 0 Å². The molecule has 0 fully saturated rings. The number of carbonyl (C=O) groups is 1. The molecular formula is C31H29BrFN3O5S. The Morgan fingerprint density at radius 1 is 0.976 bits per heavy atom. The Labute approximate surface area is 253 Å². The van der Waals surface area contributed by atoms with Gasteiger partial charge in [-0.25, -0.2) is 18.2 Å². The predicted octanol–water partition coefficient (Wildman–Crippen LogP) is 6.14. The highest BCUT2D eigenvalue weighted by molar-refractivity contribution is 9.10. The molecule has 4 aromatic carbocycles. The lowest BCUT2D eigenvalue weighted by molar-refractivity contribution is -0.119. The Bertz CT molecular complexity index is 1680. The second-order valence-corrected chi connectivity index (χ2v) is 12.1. The molecule has 4 aromatic rings. The van der Waals surface area contributed by atoms with Crippen molar-refractivity contribution in [3.05, 3.63) is 117 Å². The summed E-state index contributed by atoms with van der Waals surface area (Å²) in [6.45, 7) is 3.67. The first-order chi connectivity index (χ1) is 20.1. The third-order valence-corrected chi connectivity index (χ3v) is 8.55. The van der Waals surface area contributed by atoms with Gasteiger partial charge in [0.2, 0.25) is 0 Å². The van der Waals surface area contributed by atoms with Crippen molar-refractivity contribution in [2.24, 2.45) is 5.10 Å². The number of anilines is 1. The standard InChI is InChI=1S/C31H29BrFN3O5S/c1-21-4-8-23(9-5-21)20-41-31-28(32)16-24(17-29(31)40-3)18-34-35-30(37)19-36(26-12-6-22(2)7-13-26)42(38,39)27-14-10-25(33)11-15-27/h4-18H,19-20H2,1-3H3,(H,35,37)/b34-18-. The number of ether oxygens (including phenoxy) is 2. The van der Waals surface area contributed by atoms with E-state index in [-0.39, 0.29) is 10.6 Å². The van der Waals surface area contributed by atoms with E-state index in [1.807, 2.05) is 38.1 Å². The van der Waals surface area contributed by atoms with Gasteiger partial charge in [0.05, 0.1) is 28.4 Å². The molecule has 8 nitrogen and oxygen atoms in total. The summed E-state index contributed by atoms with van der Waals surface area (Å²) in [6.07, 6.45) is 1.40. The fraction of sp³-hybridized carbons (Fsp3) is 0.161. The van der Waals surface area contributed by atoms with E-state index in [1.165, 1.54) is 13.3 Å². The number of halogens is 2. The van der Waals surface area contributed by atoms with Gasteiger partial charge in [-0.2, -0.15) is 5.10 Å². The van der Waals surface area contributed by atoms with Crippen LogP contribution >= 0.6 is 15.9 Å². The molecule has 42 heavy (non-hydrogen) atoms. The zero-order valence-electron chi connectivity index (χ0n) is 23.2. The van der Waals surface area contributed by atoms with Crippen molar-refractivity contribution in [1.29, 1.82) is 0 Å². The zero-order valence-corrected chi connectivity index (χ0v) is 25.6. The van der Waals surface area contributed by atoms with Gasteiger partial charge in [-0.15, -0.1) is 0 Å². The summed E-state index contributed by atoms with van der Waals surface area (Å²) in [5, 5.41) is 4.00. The summed E-state index contributed by atoms with van der Waals surface area (Å²) in [7, 11) is -2.67. The quantitative estimate of drug-likeness (QED) is 0.155. The molecule has 0 radical (unpaired) electrons. The molecule has 0 saturated heterocycles. The molecule has 1 amide bonds. The van der Waals surface area contributed by atoms with Crippen molar-refractivity contribution < 1.29 is 27.1 Å². The molecule has 1 N–H and O–H groups in total. The number of aryl methyl sites for hydroxylation is 2. The lowest BCUT2D eigenvalue weighted by atomic mass is 10.2. The van der Waals surface area contributed by atoms with Crippen molar-refractivity contribution >= 4 is 43.8 Å². The van der Waals surface area contributed by atoms with Gasteiger partial charge in [-0.1, -0.05) is 47.5 Å². The molecule has 4 rings (SSSR count). The van der Waals surface area contributed by atoms with Gasteiger partial charge < -0.3 is 9.47 Å². The SMILES string of the molecule is COc1cc(/C=N\NC(=O)CN(c2ccc(C)cc2)S(=O)(=O)c2ccc(F)cc2)cc(Br)c1OCc1ccc(C)cc1. The first-order valence-electron chi connectivity index (χ1n) is 12.8. The summed E-state index contributed by atoms with van der Waals surface area (Å²) >= 11 is 3.51. The number of rotatable bonds is 11. The third-order valence-electron chi connectivity index (χ3n) is 6.17. The number of sulfonamides is 1. The summed E-state index contributed by atoms with van der Waals surface area (Å²) in [5.41, 5.74) is 6.32. The molecular weight excluding hydrogens is 625 g/mol. The maximum absolute atomic E-state index is 13.4. The Kier molecular flexibility index (Phi) is 9.97. The van der Waals surface area contributed by atoms with Crippen LogP contribution in [-0.4, -0.2) is 34.2 Å². The molecule has 0 unspecified atom stereocenters. The van der Waals surface area contributed by atoms with Gasteiger partial charge in [-0.05, 0) is 89.4 Å². The molecule has 0 aromatic heterocycles. The number of hydrogen-bond donors (Lipinski definition) is 1. The number of carbonyl (C=O) groups excluding carboxylic acids is 1. The minimum Gasteiger partial charge on any atom is -0.493 e. The fourth-order valence-electron chi connectivity index (χ4n) is 3.90. The first-order valence-corrected chi connectivity index (χ1v) is 15.0. The normalized spacial score (nSPS) is 11.4. The van der Waals surface area contributed by atoms with E-state index < -0.39 is 28.3 Å². The van der Waals surface area contributed by atoms with E-state index in [0.717, 1.165) is 45.3 Å². The highest BCUT2D eigenvalue weighted by Gasteiger charge is 2.27. The summed E-state index contributed by atoms with van der Waals surface area (Å²) in [5.74, 6) is -0.280. The molecule has 0 aliphatic carbocycles. The van der Waals surface area contributed by atoms with Crippen molar-refractivity contribution in [3.8, 4) is 11.5 Å². The molecule has 0 atom stereocenters. The highest BCUT2D eigenvalue weighted by Crippen LogP contribution is 2.37. The first kappa shape index (κ1) is 30.7. The lowest BCUT2D eigenvalue weighted by Gasteiger charge is -2.23. The fourth-order valence-corrected chi connectivity index (χ4v) is 5.89. The van der Waals surface area contributed by atoms with Gasteiger partial charge in [0.1, 0.15) is 19.0 Å². The molecule has 0 spiro atoms. The monoisotopic (exact) mass is 653 g/mol. The van der Waals surface area contributed by atoms with Crippen LogP contribution in [0, 0.1) is 19.7 Å². The predicted molar refractivity (Wildman–Crippen MR) is 164 cm³/mol. The topological polar surface area (TPSA) is 97.3 Å². The van der Waals surface area contributed by atoms with Crippen LogP contribution in [0.1, 0.15) is 22.3 Å². The molecule has 0 aliphatic rings. The van der Waals surface area contributed by atoms with Crippen LogP contribution in [-0.2, 0) is 21.4 Å². The number of methoxy groups -OCH3 is 1. The molecule has 218 valence electrons. The Balaban J connectivity index is 1.48. The van der Waals surface area contributed by atoms with Gasteiger partial charge in [0.15, 0.2) is 11.5 Å². The Morgan fingerprint density at radius 2 is 1.60 bits per heavy atom. The Morgan fingerprint density at radius 3 is 2.21 bits per heavy atom. The number of amides is 1. The van der Waals surface area contributed by atoms with Crippen LogP contribution in [0.5, 0.6) is 11.5 Å². The van der Waals surface area contributed by atoms with Crippen LogP contribution in [0.4, 0.5) is 10.1 Å². The van der Waals surface area contributed by atoms with Crippen LogP contribution in [0.25, 0.3) is 0 Å². The van der Waals surface area contributed by atoms with E-state index in [9.17, 15) is 17.6 Å². The summed E-state index contributed by atoms with van der Waals surface area (Å²) < 4.78 is 53.3. The van der Waals surface area contributed by atoms with Gasteiger partial charge >= 0.3 is 0 Å². The average molecular weight is 655 g/mol. The maximum atomic E-state index is 13.4. The van der Waals surface area contributed by atoms with E-state index in [4.69, 9.17) is 9.47 Å². The maximum Gasteiger partial charge on any atom is 0.264 e. The highest BCUT2D eigenvalue weighted by atomic mass is 79.9. The van der Waals surface area contributed by atoms with Crippen molar-refractivity contribution in [3.63, 3.8) is 0 Å². The second-order valence-electron chi connectivity index (χ2n) is 9.40. The zero-order chi connectivity index (χ0) is 30.3. The van der Waals surface area contributed by atoms with Gasteiger partial charge in [0.25, 0.3) is 15.9 Å². The summed E-state index contributed by atoms with van der Waals surface area (Å²) in [4.78, 5) is 12.7. The Hall–Kier alpha value is -4.22. The number of hydrazone groups is 1. The number of hydrogen-bond acceptors (Lipinski definition) is 6. The van der Waals surface area contributed by atoms with E-state index in [1.54, 1.807) is 36.4 Å². The van der Waals surface area contributed by atoms with Crippen molar-refractivity contribution in [1.82, 2.24) is 5.43 Å². The number of nitrogens with one attached hydrogen (secondary N) is 1. The average Bonchev–Trinajstić information content (AvgIpc) is 2.96. The molecule has 0 bridgehead atoms. The smallest absolute Gasteiger partial charge is 0.264 e. The molecule has 0 aliphatic heterocycles. The van der Waals surface area contributed by atoms with Gasteiger partial charge in [-0.3, -0.25) is 9.10 Å². The third kappa shape index (κ3) is 7.74. The van der Waals surface area contributed by atoms with Crippen LogP contribution in [0.2, 0.25) is 0 Å². The van der Waals surface area contributed by atoms with Crippen molar-refractivity contribution in [2.45, 2.75) is 25.3 Å². The summed E-state index contributed by atoms with van der Waals surface area (Å²) in [6, 6.07) is 22.5. The minimum atomic E-state index is -4.19. The lowest BCUT2D eigenvalue weighted by Crippen LogP contribution is -2.39. The number of benzene rings is 4. The van der Waals surface area contributed by atoms with Crippen molar-refractivity contribution in [2.75, 3.05) is 18.0 Å².